The Kier molecular flexibility index (Phi) is 3.87. The molecule has 2 aromatic heterocycles. The van der Waals surface area contributed by atoms with E-state index in [1.807, 2.05) is 30.3 Å². The summed E-state index contributed by atoms with van der Waals surface area (Å²) in [5.41, 5.74) is 4.88. The lowest BCUT2D eigenvalue weighted by Crippen LogP contribution is -2.23. The van der Waals surface area contributed by atoms with Crippen LogP contribution in [0.5, 0.6) is 0 Å². The Balaban J connectivity index is 1.48. The summed E-state index contributed by atoms with van der Waals surface area (Å²) in [5, 5.41) is 4.40. The molecule has 1 amide bonds. The molecule has 6 heteroatoms. The van der Waals surface area contributed by atoms with Crippen LogP contribution in [0.4, 0.5) is 5.69 Å². The van der Waals surface area contributed by atoms with Crippen LogP contribution in [-0.4, -0.2) is 21.7 Å². The molecule has 144 valence electrons. The molecule has 2 heterocycles. The summed E-state index contributed by atoms with van der Waals surface area (Å²) in [5.74, 6) is -1.30. The van der Waals surface area contributed by atoms with E-state index in [1.165, 1.54) is 0 Å². The quantitative estimate of drug-likeness (QED) is 0.371. The highest BCUT2D eigenvalue weighted by atomic mass is 16.2. The number of pyridine rings is 1. The first-order chi connectivity index (χ1) is 14.0. The number of carbonyl (C=O) groups excluding carboxylic acids is 2. The number of aryl methyl sites for hydroxylation is 2. The van der Waals surface area contributed by atoms with Crippen LogP contribution in [0.25, 0.3) is 21.8 Å². The zero-order valence-electron chi connectivity index (χ0n) is 15.9. The fraction of sp³-hybridized carbons (Fsp3) is 0.174. The number of amides is 1. The number of aromatic amines is 2. The van der Waals surface area contributed by atoms with Crippen molar-refractivity contribution in [3.8, 4) is 0 Å². The summed E-state index contributed by atoms with van der Waals surface area (Å²) in [6.07, 6.45) is 2.67. The Morgan fingerprint density at radius 2 is 1.72 bits per heavy atom. The number of rotatable bonds is 3. The monoisotopic (exact) mass is 385 g/mol. The molecule has 5 rings (SSSR count). The van der Waals surface area contributed by atoms with Crippen LogP contribution in [0.15, 0.2) is 47.3 Å². The van der Waals surface area contributed by atoms with Crippen molar-refractivity contribution in [1.82, 2.24) is 9.97 Å². The highest BCUT2D eigenvalue weighted by Gasteiger charge is 2.23. The molecule has 0 atom stereocenters. The van der Waals surface area contributed by atoms with Gasteiger partial charge in [0.2, 0.25) is 0 Å². The molecule has 2 aromatic carbocycles. The summed E-state index contributed by atoms with van der Waals surface area (Å²) < 4.78 is 0. The van der Waals surface area contributed by atoms with Gasteiger partial charge in [0.1, 0.15) is 0 Å². The van der Waals surface area contributed by atoms with E-state index in [4.69, 9.17) is 0 Å². The Morgan fingerprint density at radius 1 is 0.931 bits per heavy atom. The number of benzene rings is 2. The number of carbonyl (C=O) groups is 2. The summed E-state index contributed by atoms with van der Waals surface area (Å²) in [4.78, 5) is 43.8. The molecule has 3 N–H and O–H groups in total. The first kappa shape index (κ1) is 17.4. The van der Waals surface area contributed by atoms with Gasteiger partial charge in [0.15, 0.2) is 0 Å². The molecule has 29 heavy (non-hydrogen) atoms. The predicted octanol–water partition coefficient (Wildman–Crippen LogP) is 3.63. The molecule has 0 saturated heterocycles. The van der Waals surface area contributed by atoms with Crippen molar-refractivity contribution in [2.24, 2.45) is 0 Å². The van der Waals surface area contributed by atoms with Gasteiger partial charge in [-0.3, -0.25) is 14.4 Å². The third kappa shape index (κ3) is 2.76. The zero-order chi connectivity index (χ0) is 20.1. The lowest BCUT2D eigenvalue weighted by atomic mass is 10.0. The minimum Gasteiger partial charge on any atom is -0.358 e. The van der Waals surface area contributed by atoms with Crippen molar-refractivity contribution in [1.29, 1.82) is 0 Å². The molecular formula is C23H19N3O3. The van der Waals surface area contributed by atoms with Crippen LogP contribution in [0.2, 0.25) is 0 Å². The van der Waals surface area contributed by atoms with E-state index in [1.54, 1.807) is 19.1 Å². The molecule has 0 radical (unpaired) electrons. The average molecular weight is 385 g/mol. The lowest BCUT2D eigenvalue weighted by Gasteiger charge is -2.09. The second-order valence-electron chi connectivity index (χ2n) is 7.48. The standard InChI is InChI=1S/C23H19N3O3/c1-12-20(17-5-2-3-8-18(17)24-12)21(27)23(29)25-13-9-10-15-14-6-4-7-16(14)22(28)26-19(15)11-13/h2-3,5,8-11,24H,4,6-7H2,1H3,(H,25,29)(H,26,28). The lowest BCUT2D eigenvalue weighted by molar-refractivity contribution is -0.112. The van der Waals surface area contributed by atoms with Gasteiger partial charge >= 0.3 is 0 Å². The number of anilines is 1. The van der Waals surface area contributed by atoms with Crippen molar-refractivity contribution in [3.63, 3.8) is 0 Å². The molecular weight excluding hydrogens is 366 g/mol. The average Bonchev–Trinajstić information content (AvgIpc) is 3.31. The van der Waals surface area contributed by atoms with E-state index in [0.717, 1.165) is 46.7 Å². The number of Topliss-reactive ketones (excluding diaryl/α,β-unsaturated/α-hetero) is 1. The second kappa shape index (κ2) is 6.44. The topological polar surface area (TPSA) is 94.8 Å². The van der Waals surface area contributed by atoms with Gasteiger partial charge in [0.05, 0.1) is 11.1 Å². The third-order valence-electron chi connectivity index (χ3n) is 5.67. The van der Waals surface area contributed by atoms with E-state index < -0.39 is 11.7 Å². The number of hydrogen-bond donors (Lipinski definition) is 3. The number of ketones is 1. The van der Waals surface area contributed by atoms with Gasteiger partial charge in [0.25, 0.3) is 17.2 Å². The smallest absolute Gasteiger partial charge is 0.296 e. The van der Waals surface area contributed by atoms with Gasteiger partial charge in [-0.25, -0.2) is 0 Å². The molecule has 4 aromatic rings. The Morgan fingerprint density at radius 3 is 2.59 bits per heavy atom. The molecule has 0 fully saturated rings. The van der Waals surface area contributed by atoms with Crippen LogP contribution >= 0.6 is 0 Å². The largest absolute Gasteiger partial charge is 0.358 e. The minimum absolute atomic E-state index is 0.0704. The van der Waals surface area contributed by atoms with Crippen molar-refractivity contribution >= 4 is 39.2 Å². The molecule has 0 aliphatic heterocycles. The summed E-state index contributed by atoms with van der Waals surface area (Å²) in [6, 6.07) is 12.8. The van der Waals surface area contributed by atoms with Gasteiger partial charge < -0.3 is 15.3 Å². The zero-order valence-corrected chi connectivity index (χ0v) is 15.9. The second-order valence-corrected chi connectivity index (χ2v) is 7.48. The number of H-pyrrole nitrogens is 2. The van der Waals surface area contributed by atoms with Crippen LogP contribution in [0, 0.1) is 6.92 Å². The van der Waals surface area contributed by atoms with Crippen LogP contribution in [0.1, 0.15) is 33.6 Å². The van der Waals surface area contributed by atoms with Gasteiger partial charge in [-0.2, -0.15) is 0 Å². The molecule has 0 unspecified atom stereocenters. The number of hydrogen-bond acceptors (Lipinski definition) is 3. The van der Waals surface area contributed by atoms with Crippen LogP contribution in [0.3, 0.4) is 0 Å². The highest BCUT2D eigenvalue weighted by molar-refractivity contribution is 6.48. The summed E-state index contributed by atoms with van der Waals surface area (Å²) in [6.45, 7) is 1.78. The molecule has 0 spiro atoms. The van der Waals surface area contributed by atoms with Crippen molar-refractivity contribution in [2.45, 2.75) is 26.2 Å². The van der Waals surface area contributed by atoms with Crippen LogP contribution < -0.4 is 10.9 Å². The number of para-hydroxylation sites is 1. The fourth-order valence-electron chi connectivity index (χ4n) is 4.35. The van der Waals surface area contributed by atoms with Gasteiger partial charge in [-0.15, -0.1) is 0 Å². The number of fused-ring (bicyclic) bond motifs is 4. The van der Waals surface area contributed by atoms with Crippen molar-refractivity contribution in [3.05, 3.63) is 75.2 Å². The Bertz CT molecular complexity index is 1380. The predicted molar refractivity (Wildman–Crippen MR) is 113 cm³/mol. The molecule has 0 bridgehead atoms. The highest BCUT2D eigenvalue weighted by Crippen LogP contribution is 2.28. The normalized spacial score (nSPS) is 13.0. The van der Waals surface area contributed by atoms with Gasteiger partial charge in [-0.05, 0) is 49.9 Å². The molecule has 6 nitrogen and oxygen atoms in total. The number of aromatic nitrogens is 2. The fourth-order valence-corrected chi connectivity index (χ4v) is 4.35. The maximum Gasteiger partial charge on any atom is 0.296 e. The van der Waals surface area contributed by atoms with Crippen LogP contribution in [-0.2, 0) is 17.6 Å². The summed E-state index contributed by atoms with van der Waals surface area (Å²) in [7, 11) is 0. The van der Waals surface area contributed by atoms with E-state index >= 15 is 0 Å². The Labute approximate surface area is 165 Å². The maximum absolute atomic E-state index is 12.8. The van der Waals surface area contributed by atoms with E-state index in [0.29, 0.717) is 22.5 Å². The SMILES string of the molecule is Cc1[nH]c2ccccc2c1C(=O)C(=O)Nc1ccc2c3c(c(=O)[nH]c2c1)CCC3. The van der Waals surface area contributed by atoms with Gasteiger partial charge in [0, 0.05) is 33.2 Å². The minimum atomic E-state index is -0.708. The number of nitrogens with one attached hydrogen (secondary N) is 3. The van der Waals surface area contributed by atoms with E-state index in [2.05, 4.69) is 15.3 Å². The first-order valence-corrected chi connectivity index (χ1v) is 9.63. The Hall–Kier alpha value is -3.67. The van der Waals surface area contributed by atoms with E-state index in [9.17, 15) is 14.4 Å². The third-order valence-corrected chi connectivity index (χ3v) is 5.67. The molecule has 0 saturated carbocycles. The van der Waals surface area contributed by atoms with Crippen molar-refractivity contribution in [2.75, 3.05) is 5.32 Å². The molecule has 1 aliphatic carbocycles. The summed E-state index contributed by atoms with van der Waals surface area (Å²) >= 11 is 0. The maximum atomic E-state index is 12.8. The van der Waals surface area contributed by atoms with Gasteiger partial charge in [-0.1, -0.05) is 24.3 Å². The van der Waals surface area contributed by atoms with Crippen molar-refractivity contribution < 1.29 is 9.59 Å². The first-order valence-electron chi connectivity index (χ1n) is 9.63. The molecule has 1 aliphatic rings. The van der Waals surface area contributed by atoms with E-state index in [-0.39, 0.29) is 5.56 Å².